The van der Waals surface area contributed by atoms with Gasteiger partial charge in [0.1, 0.15) is 0 Å². The highest BCUT2D eigenvalue weighted by Gasteiger charge is 1.81. The molecule has 7 heavy (non-hydrogen) atoms. The Morgan fingerprint density at radius 1 is 1.71 bits per heavy atom. The Labute approximate surface area is 55.0 Å². The van der Waals surface area contributed by atoms with E-state index in [1.165, 1.54) is 10.1 Å². The second-order valence-corrected chi connectivity index (χ2v) is 3.85. The molecule has 0 bridgehead atoms. The van der Waals surface area contributed by atoms with E-state index in [0.29, 0.717) is 0 Å². The summed E-state index contributed by atoms with van der Waals surface area (Å²) in [4.78, 5) is 2.20. The fourth-order valence-corrected chi connectivity index (χ4v) is 1.41. The van der Waals surface area contributed by atoms with E-state index in [0.717, 1.165) is 6.42 Å². The van der Waals surface area contributed by atoms with E-state index in [1.54, 1.807) is 0 Å². The molecule has 1 nitrogen and oxygen atoms in total. The Balaban J connectivity index is 3.17. The predicted molar refractivity (Wildman–Crippen MR) is 44.0 cm³/mol. The van der Waals surface area contributed by atoms with Gasteiger partial charge in [0.2, 0.25) is 0 Å². The molecule has 0 aromatic carbocycles. The van der Waals surface area contributed by atoms with Gasteiger partial charge in [-0.25, -0.2) is 0 Å². The van der Waals surface area contributed by atoms with Gasteiger partial charge in [0.05, 0.1) is 0 Å². The van der Waals surface area contributed by atoms with Crippen LogP contribution in [0, 0.1) is 0 Å². The molecule has 2 N–H and O–H groups in total. The van der Waals surface area contributed by atoms with Crippen LogP contribution in [0.3, 0.4) is 0 Å². The van der Waals surface area contributed by atoms with Crippen molar-refractivity contribution in [1.29, 1.82) is 0 Å². The first-order valence-corrected chi connectivity index (χ1v) is 5.65. The van der Waals surface area contributed by atoms with E-state index in [4.69, 9.17) is 5.73 Å². The molecule has 0 radical (unpaired) electrons. The van der Waals surface area contributed by atoms with Crippen LogP contribution in [0.2, 0.25) is 0 Å². The lowest BCUT2D eigenvalue weighted by Gasteiger charge is -1.90. The zero-order valence-corrected chi connectivity index (χ0v) is 7.03. The molecular formula is C5H12IN. The van der Waals surface area contributed by atoms with Crippen LogP contribution >= 0.6 is 20.7 Å². The third-order valence-electron chi connectivity index (χ3n) is 0.732. The van der Waals surface area contributed by atoms with Crippen molar-refractivity contribution in [3.8, 4) is 0 Å². The van der Waals surface area contributed by atoms with Crippen LogP contribution in [0.25, 0.3) is 0 Å². The number of rotatable bonds is 2. The average Bonchev–Trinajstić information content (AvgIpc) is 1.68. The third kappa shape index (κ3) is 4.41. The minimum atomic E-state index is 0.233. The van der Waals surface area contributed by atoms with Gasteiger partial charge in [-0.05, 0) is 11.4 Å². The normalized spacial score (nSPS) is 13.3. The van der Waals surface area contributed by atoms with E-state index >= 15 is 0 Å². The number of alkyl halides is 1. The van der Waals surface area contributed by atoms with E-state index in [9.17, 15) is 0 Å². The second kappa shape index (κ2) is 4.71. The van der Waals surface area contributed by atoms with Gasteiger partial charge in [0.15, 0.2) is 0 Å². The highest BCUT2D eigenvalue weighted by molar-refractivity contribution is 14.2. The number of nitrogens with two attached hydrogens (primary N) is 1. The van der Waals surface area contributed by atoms with Crippen LogP contribution in [0.4, 0.5) is 0 Å². The summed E-state index contributed by atoms with van der Waals surface area (Å²) >= 11 is 0.233. The van der Waals surface area contributed by atoms with Crippen molar-refractivity contribution in [3.63, 3.8) is 0 Å². The maximum absolute atomic E-state index is 5.55. The highest BCUT2D eigenvalue weighted by atomic mass is 127. The molecule has 0 aromatic heterocycles. The molecule has 2 heteroatoms. The van der Waals surface area contributed by atoms with Crippen LogP contribution in [0.15, 0.2) is 0 Å². The zero-order chi connectivity index (χ0) is 5.70. The molecule has 0 amide bonds. The second-order valence-electron chi connectivity index (χ2n) is 1.39. The summed E-state index contributed by atoms with van der Waals surface area (Å²) in [5.74, 6) is 0. The molecule has 0 atom stereocenters. The highest BCUT2D eigenvalue weighted by Crippen LogP contribution is 1.94. The topological polar surface area (TPSA) is 26.0 Å². The molecular weight excluding hydrogens is 201 g/mol. The Bertz CT molecular complexity index is 68.5. The number of hydrogen-bond donors (Lipinski definition) is 1. The zero-order valence-electron chi connectivity index (χ0n) is 4.87. The largest absolute Gasteiger partial charge is 0.302 e. The van der Waals surface area contributed by atoms with Crippen LogP contribution in [0.5, 0.6) is 0 Å². The van der Waals surface area contributed by atoms with Crippen molar-refractivity contribution in [3.05, 3.63) is 0 Å². The molecule has 0 aliphatic rings. The molecule has 0 unspecified atom stereocenters. The van der Waals surface area contributed by atoms with Gasteiger partial charge < -0.3 is 5.73 Å². The Hall–Kier alpha value is 0.560. The van der Waals surface area contributed by atoms with Gasteiger partial charge in [-0.3, -0.25) is 0 Å². The van der Waals surface area contributed by atoms with E-state index in [1.807, 2.05) is 0 Å². The molecule has 0 aromatic rings. The van der Waals surface area contributed by atoms with Gasteiger partial charge >= 0.3 is 0 Å². The summed E-state index contributed by atoms with van der Waals surface area (Å²) in [6.07, 6.45) is 2.35. The summed E-state index contributed by atoms with van der Waals surface area (Å²) in [5.41, 5.74) is 5.55. The van der Waals surface area contributed by atoms with Crippen LogP contribution < -0.4 is 5.73 Å². The summed E-state index contributed by atoms with van der Waals surface area (Å²) < 4.78 is 1.24. The standard InChI is InChI=1S/C5H12IN/c1-3-4-5(7)6-2/h3-4,7H2,1-2H3. The van der Waals surface area contributed by atoms with Gasteiger partial charge in [-0.2, -0.15) is 0 Å². The van der Waals surface area contributed by atoms with E-state index in [2.05, 4.69) is 11.9 Å². The maximum atomic E-state index is 5.55. The Morgan fingerprint density at radius 3 is 2.43 bits per heavy atom. The smallest absolute Gasteiger partial charge is 0.0182 e. The van der Waals surface area contributed by atoms with Crippen LogP contribution in [-0.4, -0.2) is 8.56 Å². The van der Waals surface area contributed by atoms with E-state index < -0.39 is 0 Å². The van der Waals surface area contributed by atoms with Crippen molar-refractivity contribution in [2.75, 3.05) is 4.93 Å². The number of hydrogen-bond acceptors (Lipinski definition) is 1. The van der Waals surface area contributed by atoms with E-state index in [-0.39, 0.29) is 20.7 Å². The Morgan fingerprint density at radius 2 is 2.29 bits per heavy atom. The first kappa shape index (κ1) is 7.56. The lowest BCUT2D eigenvalue weighted by atomic mass is 10.3. The molecule has 44 valence electrons. The van der Waals surface area contributed by atoms with Crippen LogP contribution in [-0.2, 0) is 0 Å². The predicted octanol–water partition coefficient (Wildman–Crippen LogP) is 1.48. The van der Waals surface area contributed by atoms with Crippen molar-refractivity contribution >= 4 is 24.4 Å². The van der Waals surface area contributed by atoms with Crippen molar-refractivity contribution in [1.82, 2.24) is 0 Å². The first-order chi connectivity index (χ1) is 3.31. The lowest BCUT2D eigenvalue weighted by Crippen LogP contribution is -2.06. The van der Waals surface area contributed by atoms with Gasteiger partial charge in [-0.15, -0.1) is 20.7 Å². The van der Waals surface area contributed by atoms with Gasteiger partial charge in [0, 0.05) is 3.63 Å². The number of halogens is 1. The summed E-state index contributed by atoms with van der Waals surface area (Å²) in [5, 5.41) is 0. The summed E-state index contributed by atoms with van der Waals surface area (Å²) in [6.45, 7) is 2.16. The summed E-state index contributed by atoms with van der Waals surface area (Å²) in [7, 11) is 0. The molecule has 0 saturated heterocycles. The molecule has 0 spiro atoms. The monoisotopic (exact) mass is 213 g/mol. The molecule has 0 aliphatic carbocycles. The maximum Gasteiger partial charge on any atom is 0.0182 e. The quantitative estimate of drug-likeness (QED) is 0.545. The minimum absolute atomic E-state index is 0.233. The third-order valence-corrected chi connectivity index (χ3v) is 2.66. The van der Waals surface area contributed by atoms with Gasteiger partial charge in [-0.1, -0.05) is 13.3 Å². The SMILES string of the molecule is CCCC(N)=IC. The van der Waals surface area contributed by atoms with Crippen LogP contribution in [0.1, 0.15) is 19.8 Å². The molecule has 0 saturated carbocycles. The Kier molecular flexibility index (Phi) is 5.09. The van der Waals surface area contributed by atoms with Crippen molar-refractivity contribution in [2.45, 2.75) is 19.8 Å². The van der Waals surface area contributed by atoms with Crippen molar-refractivity contribution < 1.29 is 0 Å². The first-order valence-electron chi connectivity index (χ1n) is 2.42. The minimum Gasteiger partial charge on any atom is -0.302 e. The van der Waals surface area contributed by atoms with Gasteiger partial charge in [0.25, 0.3) is 0 Å². The summed E-state index contributed by atoms with van der Waals surface area (Å²) in [6, 6.07) is 0. The fourth-order valence-electron chi connectivity index (χ4n) is 0.333. The van der Waals surface area contributed by atoms with Crippen molar-refractivity contribution in [2.24, 2.45) is 5.73 Å². The lowest BCUT2D eigenvalue weighted by molar-refractivity contribution is 0.999. The molecule has 0 fully saturated rings. The average molecular weight is 213 g/mol. The molecule has 0 heterocycles. The fraction of sp³-hybridized carbons (Fsp3) is 0.800. The molecule has 0 aliphatic heterocycles. The molecule has 0 rings (SSSR count).